The van der Waals surface area contributed by atoms with Crippen molar-refractivity contribution in [2.75, 3.05) is 26.2 Å². The molecule has 176 valence electrons. The van der Waals surface area contributed by atoms with Crippen molar-refractivity contribution in [1.29, 1.82) is 0 Å². The summed E-state index contributed by atoms with van der Waals surface area (Å²) < 4.78 is 5.15. The fraction of sp³-hybridized carbons (Fsp3) is 0.957. The zero-order valence-electron chi connectivity index (χ0n) is 19.8. The minimum Gasteiger partial charge on any atom is -0.444 e. The fourth-order valence-electron chi connectivity index (χ4n) is 2.83. The Balaban J connectivity index is 0. The van der Waals surface area contributed by atoms with Gasteiger partial charge >= 0.3 is 6.09 Å². The van der Waals surface area contributed by atoms with E-state index in [1.165, 1.54) is 77.0 Å². The van der Waals surface area contributed by atoms with Gasteiger partial charge in [-0.25, -0.2) is 4.79 Å². The zero-order valence-corrected chi connectivity index (χ0v) is 19.8. The van der Waals surface area contributed by atoms with E-state index in [0.717, 1.165) is 32.5 Å². The van der Waals surface area contributed by atoms with Gasteiger partial charge in [0.25, 0.3) is 0 Å². The molecule has 0 aromatic rings. The zero-order chi connectivity index (χ0) is 22.2. The Hall–Kier alpha value is -0.850. The summed E-state index contributed by atoms with van der Waals surface area (Å²) in [6, 6.07) is 0. The molecule has 0 aliphatic rings. The monoisotopic (exact) mass is 416 g/mol. The van der Waals surface area contributed by atoms with Gasteiger partial charge in [0.2, 0.25) is 0 Å². The maximum absolute atomic E-state index is 11.3. The number of carbonyl (C=O) groups excluding carboxylic acids is 1. The van der Waals surface area contributed by atoms with Gasteiger partial charge in [0.15, 0.2) is 0 Å². The highest BCUT2D eigenvalue weighted by Gasteiger charge is 2.15. The quantitative estimate of drug-likeness (QED) is 0.253. The lowest BCUT2D eigenvalue weighted by Gasteiger charge is -2.19. The second-order valence-corrected chi connectivity index (χ2v) is 8.74. The summed E-state index contributed by atoms with van der Waals surface area (Å²) in [5.74, 6) is 0. The number of rotatable bonds is 17. The number of carbonyl (C=O) groups is 1. The Morgan fingerprint density at radius 2 is 0.931 bits per heavy atom. The van der Waals surface area contributed by atoms with Gasteiger partial charge in [0.1, 0.15) is 5.60 Å². The van der Waals surface area contributed by atoms with Gasteiger partial charge in [-0.2, -0.15) is 0 Å². The van der Waals surface area contributed by atoms with Crippen molar-refractivity contribution in [3.8, 4) is 0 Å². The van der Waals surface area contributed by atoms with Crippen LogP contribution in [0.2, 0.25) is 0 Å². The highest BCUT2D eigenvalue weighted by Crippen LogP contribution is 2.08. The number of amides is 1. The number of alkyl carbamates (subject to hydrolysis) is 1. The molecular weight excluding hydrogens is 364 g/mol. The molecule has 6 heteroatoms. The Kier molecular flexibility index (Phi) is 24.5. The van der Waals surface area contributed by atoms with Gasteiger partial charge in [-0.05, 0) is 66.1 Å². The summed E-state index contributed by atoms with van der Waals surface area (Å²) in [5.41, 5.74) is 15.8. The molecule has 0 spiro atoms. The van der Waals surface area contributed by atoms with E-state index in [1.54, 1.807) is 0 Å². The first-order valence-corrected chi connectivity index (χ1v) is 11.9. The molecule has 0 aromatic heterocycles. The van der Waals surface area contributed by atoms with Crippen molar-refractivity contribution in [2.24, 2.45) is 17.2 Å². The molecule has 1 amide bonds. The van der Waals surface area contributed by atoms with Crippen molar-refractivity contribution < 1.29 is 9.53 Å². The predicted octanol–water partition coefficient (Wildman–Crippen LogP) is 4.84. The lowest BCUT2D eigenvalue weighted by atomic mass is 10.1. The third kappa shape index (κ3) is 32.0. The molecule has 0 saturated heterocycles. The molecule has 7 N–H and O–H groups in total. The highest BCUT2D eigenvalue weighted by molar-refractivity contribution is 5.67. The van der Waals surface area contributed by atoms with Crippen LogP contribution >= 0.6 is 0 Å². The van der Waals surface area contributed by atoms with Crippen LogP contribution in [-0.2, 0) is 4.74 Å². The standard InChI is InChI=1S/C14H30N2O2.C9H22N2/c1-14(2,3)18-13(17)16-12-10-8-6-4-5-7-9-11-15;10-8-6-4-2-1-3-5-7-9-11/h4-12,15H2,1-3H3,(H,16,17);1-11H2. The fourth-order valence-corrected chi connectivity index (χ4v) is 2.83. The first-order chi connectivity index (χ1) is 13.9. The number of ether oxygens (including phenoxy) is 1. The number of nitrogens with two attached hydrogens (primary N) is 3. The Labute approximate surface area is 181 Å². The van der Waals surface area contributed by atoms with E-state index in [2.05, 4.69) is 5.32 Å². The molecule has 0 heterocycles. The van der Waals surface area contributed by atoms with Gasteiger partial charge in [-0.3, -0.25) is 0 Å². The van der Waals surface area contributed by atoms with E-state index in [-0.39, 0.29) is 6.09 Å². The summed E-state index contributed by atoms with van der Waals surface area (Å²) in [6.45, 7) is 8.82. The summed E-state index contributed by atoms with van der Waals surface area (Å²) in [4.78, 5) is 11.3. The predicted molar refractivity (Wildman–Crippen MR) is 126 cm³/mol. The Morgan fingerprint density at radius 3 is 1.24 bits per heavy atom. The van der Waals surface area contributed by atoms with Crippen LogP contribution in [0.5, 0.6) is 0 Å². The van der Waals surface area contributed by atoms with Crippen molar-refractivity contribution in [1.82, 2.24) is 5.32 Å². The number of hydrogen-bond donors (Lipinski definition) is 4. The van der Waals surface area contributed by atoms with Crippen molar-refractivity contribution in [2.45, 2.75) is 116 Å². The molecule has 0 fully saturated rings. The Morgan fingerprint density at radius 1 is 0.621 bits per heavy atom. The van der Waals surface area contributed by atoms with Gasteiger partial charge in [0.05, 0.1) is 0 Å². The third-order valence-electron chi connectivity index (χ3n) is 4.46. The van der Waals surface area contributed by atoms with Crippen molar-refractivity contribution >= 4 is 6.09 Å². The molecule has 0 saturated carbocycles. The van der Waals surface area contributed by atoms with Crippen LogP contribution < -0.4 is 22.5 Å². The van der Waals surface area contributed by atoms with Crippen LogP contribution in [-0.4, -0.2) is 37.9 Å². The largest absolute Gasteiger partial charge is 0.444 e. The van der Waals surface area contributed by atoms with E-state index in [4.69, 9.17) is 21.9 Å². The normalized spacial score (nSPS) is 11.0. The lowest BCUT2D eigenvalue weighted by Crippen LogP contribution is -2.32. The second-order valence-electron chi connectivity index (χ2n) is 8.74. The van der Waals surface area contributed by atoms with Crippen molar-refractivity contribution in [3.05, 3.63) is 0 Å². The molecule has 0 atom stereocenters. The van der Waals surface area contributed by atoms with Crippen molar-refractivity contribution in [3.63, 3.8) is 0 Å². The van der Waals surface area contributed by atoms with Crippen LogP contribution in [0.4, 0.5) is 4.79 Å². The molecule has 0 aromatic carbocycles. The van der Waals surface area contributed by atoms with Crippen LogP contribution in [0.25, 0.3) is 0 Å². The maximum atomic E-state index is 11.3. The summed E-state index contributed by atoms with van der Waals surface area (Å²) in [7, 11) is 0. The number of unbranched alkanes of at least 4 members (excludes halogenated alkanes) is 12. The molecule has 0 unspecified atom stereocenters. The van der Waals surface area contributed by atoms with E-state index in [0.29, 0.717) is 6.54 Å². The van der Waals surface area contributed by atoms with E-state index < -0.39 is 5.60 Å². The van der Waals surface area contributed by atoms with Crippen LogP contribution in [0.15, 0.2) is 0 Å². The maximum Gasteiger partial charge on any atom is 0.407 e. The van der Waals surface area contributed by atoms with Crippen LogP contribution in [0, 0.1) is 0 Å². The summed E-state index contributed by atoms with van der Waals surface area (Å²) in [6.07, 6.45) is 17.1. The molecule has 0 aliphatic carbocycles. The minimum absolute atomic E-state index is 0.314. The number of nitrogens with one attached hydrogen (secondary N) is 1. The summed E-state index contributed by atoms with van der Waals surface area (Å²) >= 11 is 0. The lowest BCUT2D eigenvalue weighted by molar-refractivity contribution is 0.0527. The molecular formula is C23H52N4O2. The van der Waals surface area contributed by atoms with E-state index >= 15 is 0 Å². The number of hydrogen-bond acceptors (Lipinski definition) is 5. The third-order valence-corrected chi connectivity index (χ3v) is 4.46. The van der Waals surface area contributed by atoms with E-state index in [9.17, 15) is 4.79 Å². The van der Waals surface area contributed by atoms with E-state index in [1.807, 2.05) is 20.8 Å². The Bertz CT molecular complexity index is 325. The first-order valence-electron chi connectivity index (χ1n) is 11.9. The van der Waals surface area contributed by atoms with Gasteiger partial charge in [-0.1, -0.05) is 64.2 Å². The highest BCUT2D eigenvalue weighted by atomic mass is 16.6. The SMILES string of the molecule is CC(C)(C)OC(=O)NCCCCCCCCCN.NCCCCCCCCCN. The van der Waals surface area contributed by atoms with Gasteiger partial charge in [0, 0.05) is 6.54 Å². The summed E-state index contributed by atoms with van der Waals surface area (Å²) in [5, 5.41) is 2.77. The molecule has 0 radical (unpaired) electrons. The molecule has 0 rings (SSSR count). The first kappa shape index (κ1) is 30.3. The molecule has 29 heavy (non-hydrogen) atoms. The topological polar surface area (TPSA) is 116 Å². The molecule has 0 aliphatic heterocycles. The smallest absolute Gasteiger partial charge is 0.407 e. The second kappa shape index (κ2) is 23.4. The van der Waals surface area contributed by atoms with Crippen LogP contribution in [0.3, 0.4) is 0 Å². The van der Waals surface area contributed by atoms with Gasteiger partial charge in [-0.15, -0.1) is 0 Å². The average molecular weight is 417 g/mol. The molecule has 6 nitrogen and oxygen atoms in total. The van der Waals surface area contributed by atoms with Crippen LogP contribution in [0.1, 0.15) is 111 Å². The minimum atomic E-state index is -0.410. The average Bonchev–Trinajstić information content (AvgIpc) is 2.65. The molecule has 0 bridgehead atoms. The van der Waals surface area contributed by atoms with Gasteiger partial charge < -0.3 is 27.3 Å².